The molecule has 0 spiro atoms. The zero-order valence-corrected chi connectivity index (χ0v) is 14.6. The van der Waals surface area contributed by atoms with Crippen molar-refractivity contribution in [2.45, 2.75) is 19.9 Å². The van der Waals surface area contributed by atoms with Gasteiger partial charge in [0.15, 0.2) is 0 Å². The van der Waals surface area contributed by atoms with E-state index < -0.39 is 0 Å². The summed E-state index contributed by atoms with van der Waals surface area (Å²) in [6.45, 7) is 2.32. The Labute approximate surface area is 149 Å². The summed E-state index contributed by atoms with van der Waals surface area (Å²) in [5.41, 5.74) is 2.72. The lowest BCUT2D eigenvalue weighted by Crippen LogP contribution is -2.28. The number of carbonyl (C=O) groups is 1. The van der Waals surface area contributed by atoms with E-state index in [1.165, 1.54) is 12.1 Å². The predicted octanol–water partition coefficient (Wildman–Crippen LogP) is 4.50. The fourth-order valence-corrected chi connectivity index (χ4v) is 3.41. The van der Waals surface area contributed by atoms with Crippen molar-refractivity contribution in [1.29, 1.82) is 0 Å². The molecule has 0 aliphatic rings. The number of thiazole rings is 1. The quantitative estimate of drug-likeness (QED) is 0.708. The summed E-state index contributed by atoms with van der Waals surface area (Å²) < 4.78 is 13.0. The fourth-order valence-electron chi connectivity index (χ4n) is 2.37. The van der Waals surface area contributed by atoms with E-state index in [0.717, 1.165) is 26.8 Å². The molecule has 0 bridgehead atoms. The van der Waals surface area contributed by atoms with Crippen LogP contribution in [0.2, 0.25) is 0 Å². The van der Waals surface area contributed by atoms with Crippen LogP contribution in [0.4, 0.5) is 14.9 Å². The third-order valence-electron chi connectivity index (χ3n) is 3.65. The Kier molecular flexibility index (Phi) is 5.40. The van der Waals surface area contributed by atoms with Crippen LogP contribution in [-0.4, -0.2) is 11.0 Å². The number of rotatable bonds is 5. The number of carbonyl (C=O) groups excluding carboxylic acids is 1. The highest BCUT2D eigenvalue weighted by atomic mass is 32.1. The number of aromatic nitrogens is 1. The molecule has 2 amide bonds. The number of nitrogens with one attached hydrogen (secondary N) is 2. The number of benzene rings is 2. The molecule has 0 saturated heterocycles. The van der Waals surface area contributed by atoms with Crippen molar-refractivity contribution in [1.82, 2.24) is 10.3 Å². The molecule has 25 heavy (non-hydrogen) atoms. The standard InChI is InChI=1S/C19H18FN3OS/c1-13-17(11-14-7-9-15(20)10-8-14)25-18(22-13)12-21-19(24)23-16-5-3-2-4-6-16/h2-10H,11-12H2,1H3,(H2,21,23,24). The molecule has 0 radical (unpaired) electrons. The van der Waals surface area contributed by atoms with Gasteiger partial charge in [0.1, 0.15) is 10.8 Å². The molecule has 2 aromatic carbocycles. The molecular formula is C19H18FN3OS. The summed E-state index contributed by atoms with van der Waals surface area (Å²) in [6.07, 6.45) is 0.708. The van der Waals surface area contributed by atoms with Crippen LogP contribution in [0.5, 0.6) is 0 Å². The van der Waals surface area contributed by atoms with E-state index in [1.54, 1.807) is 23.5 Å². The normalized spacial score (nSPS) is 10.5. The summed E-state index contributed by atoms with van der Waals surface area (Å²) in [4.78, 5) is 17.5. The average molecular weight is 355 g/mol. The lowest BCUT2D eigenvalue weighted by Gasteiger charge is -2.05. The molecule has 128 valence electrons. The first-order chi connectivity index (χ1) is 12.1. The third kappa shape index (κ3) is 4.87. The fraction of sp³-hybridized carbons (Fsp3) is 0.158. The maximum absolute atomic E-state index is 13.0. The van der Waals surface area contributed by atoms with Crippen molar-refractivity contribution in [3.05, 3.63) is 81.6 Å². The molecule has 2 N–H and O–H groups in total. The van der Waals surface area contributed by atoms with Gasteiger partial charge in [-0.3, -0.25) is 0 Å². The average Bonchev–Trinajstić information content (AvgIpc) is 2.96. The smallest absolute Gasteiger partial charge is 0.319 e. The summed E-state index contributed by atoms with van der Waals surface area (Å²) in [5, 5.41) is 6.42. The number of halogens is 1. The van der Waals surface area contributed by atoms with Crippen molar-refractivity contribution in [3.8, 4) is 0 Å². The van der Waals surface area contributed by atoms with Gasteiger partial charge in [-0.05, 0) is 36.8 Å². The molecule has 6 heteroatoms. The number of hydrogen-bond donors (Lipinski definition) is 2. The minimum atomic E-state index is -0.265. The van der Waals surface area contributed by atoms with E-state index in [4.69, 9.17) is 0 Å². The van der Waals surface area contributed by atoms with Gasteiger partial charge in [-0.25, -0.2) is 14.2 Å². The molecule has 3 aromatic rings. The first kappa shape index (κ1) is 17.1. The first-order valence-corrected chi connectivity index (χ1v) is 8.71. The van der Waals surface area contributed by atoms with Crippen molar-refractivity contribution >= 4 is 23.1 Å². The second-order valence-electron chi connectivity index (χ2n) is 5.59. The molecule has 0 aliphatic heterocycles. The third-order valence-corrected chi connectivity index (χ3v) is 4.80. The molecule has 3 rings (SSSR count). The number of nitrogens with zero attached hydrogens (tertiary/aromatic N) is 1. The number of amides is 2. The topological polar surface area (TPSA) is 54.0 Å². The highest BCUT2D eigenvalue weighted by molar-refractivity contribution is 7.11. The van der Waals surface area contributed by atoms with Gasteiger partial charge in [-0.2, -0.15) is 0 Å². The Morgan fingerprint density at radius 1 is 1.12 bits per heavy atom. The summed E-state index contributed by atoms with van der Waals surface area (Å²) >= 11 is 1.56. The SMILES string of the molecule is Cc1nc(CNC(=O)Nc2ccccc2)sc1Cc1ccc(F)cc1. The lowest BCUT2D eigenvalue weighted by molar-refractivity contribution is 0.251. The van der Waals surface area contributed by atoms with Crippen molar-refractivity contribution in [2.24, 2.45) is 0 Å². The van der Waals surface area contributed by atoms with Gasteiger partial charge >= 0.3 is 6.03 Å². The second-order valence-corrected chi connectivity index (χ2v) is 6.76. The van der Waals surface area contributed by atoms with Gasteiger partial charge in [0, 0.05) is 17.0 Å². The highest BCUT2D eigenvalue weighted by Crippen LogP contribution is 2.21. The number of anilines is 1. The molecule has 4 nitrogen and oxygen atoms in total. The summed E-state index contributed by atoms with van der Waals surface area (Å²) in [7, 11) is 0. The predicted molar refractivity (Wildman–Crippen MR) is 98.4 cm³/mol. The van der Waals surface area contributed by atoms with Crippen LogP contribution in [0.3, 0.4) is 0 Å². The molecule has 0 atom stereocenters. The zero-order chi connectivity index (χ0) is 17.6. The Morgan fingerprint density at radius 3 is 2.56 bits per heavy atom. The van der Waals surface area contributed by atoms with E-state index in [9.17, 15) is 9.18 Å². The first-order valence-electron chi connectivity index (χ1n) is 7.89. The van der Waals surface area contributed by atoms with Gasteiger partial charge in [0.05, 0.1) is 12.2 Å². The van der Waals surface area contributed by atoms with Crippen molar-refractivity contribution in [2.75, 3.05) is 5.32 Å². The minimum absolute atomic E-state index is 0.237. The molecule has 1 aromatic heterocycles. The maximum Gasteiger partial charge on any atom is 0.319 e. The van der Waals surface area contributed by atoms with E-state index in [0.29, 0.717) is 13.0 Å². The molecule has 1 heterocycles. The van der Waals surface area contributed by atoms with Gasteiger partial charge in [0.25, 0.3) is 0 Å². The maximum atomic E-state index is 13.0. The van der Waals surface area contributed by atoms with E-state index in [-0.39, 0.29) is 11.8 Å². The number of hydrogen-bond acceptors (Lipinski definition) is 3. The van der Waals surface area contributed by atoms with Crippen molar-refractivity contribution in [3.63, 3.8) is 0 Å². The monoisotopic (exact) mass is 355 g/mol. The Hall–Kier alpha value is -2.73. The van der Waals surface area contributed by atoms with Crippen LogP contribution in [0.15, 0.2) is 54.6 Å². The van der Waals surface area contributed by atoms with E-state index in [2.05, 4.69) is 15.6 Å². The molecule has 0 fully saturated rings. The largest absolute Gasteiger partial charge is 0.331 e. The Bertz CT molecular complexity index is 847. The van der Waals surface area contributed by atoms with E-state index in [1.807, 2.05) is 37.3 Å². The minimum Gasteiger partial charge on any atom is -0.331 e. The van der Waals surface area contributed by atoms with Crippen molar-refractivity contribution < 1.29 is 9.18 Å². The van der Waals surface area contributed by atoms with Gasteiger partial charge in [-0.15, -0.1) is 11.3 Å². The number of para-hydroxylation sites is 1. The molecule has 0 unspecified atom stereocenters. The van der Waals surface area contributed by atoms with E-state index >= 15 is 0 Å². The summed E-state index contributed by atoms with van der Waals surface area (Å²) in [5.74, 6) is -0.237. The van der Waals surface area contributed by atoms with Crippen LogP contribution >= 0.6 is 11.3 Å². The van der Waals surface area contributed by atoms with Crippen LogP contribution in [-0.2, 0) is 13.0 Å². The number of aryl methyl sites for hydroxylation is 1. The molecule has 0 aliphatic carbocycles. The molecule has 0 saturated carbocycles. The lowest BCUT2D eigenvalue weighted by atomic mass is 10.1. The van der Waals surface area contributed by atoms with Crippen LogP contribution < -0.4 is 10.6 Å². The molecular weight excluding hydrogens is 337 g/mol. The van der Waals surface area contributed by atoms with Crippen LogP contribution in [0.1, 0.15) is 21.1 Å². The van der Waals surface area contributed by atoms with Crippen LogP contribution in [0.25, 0.3) is 0 Å². The van der Waals surface area contributed by atoms with Crippen LogP contribution in [0, 0.1) is 12.7 Å². The number of urea groups is 1. The highest BCUT2D eigenvalue weighted by Gasteiger charge is 2.10. The Balaban J connectivity index is 1.56. The second kappa shape index (κ2) is 7.90. The van der Waals surface area contributed by atoms with Gasteiger partial charge < -0.3 is 10.6 Å². The van der Waals surface area contributed by atoms with Gasteiger partial charge in [-0.1, -0.05) is 30.3 Å². The van der Waals surface area contributed by atoms with Gasteiger partial charge in [0.2, 0.25) is 0 Å². The zero-order valence-electron chi connectivity index (χ0n) is 13.8. The summed E-state index contributed by atoms with van der Waals surface area (Å²) in [6, 6.07) is 15.5. The Morgan fingerprint density at radius 2 is 1.84 bits per heavy atom.